The highest BCUT2D eigenvalue weighted by Gasteiger charge is 2.30. The van der Waals surface area contributed by atoms with Gasteiger partial charge in [-0.1, -0.05) is 29.8 Å². The Morgan fingerprint density at radius 2 is 2.00 bits per heavy atom. The minimum atomic E-state index is -0.358. The largest absolute Gasteiger partial charge is 0.510 e. The lowest BCUT2D eigenvalue weighted by molar-refractivity contribution is 0.347. The number of H-pyrrole nitrogens is 1. The summed E-state index contributed by atoms with van der Waals surface area (Å²) in [5.41, 5.74) is 3.75. The minimum Gasteiger partial charge on any atom is -0.510 e. The third-order valence-electron chi connectivity index (χ3n) is 4.36. The van der Waals surface area contributed by atoms with Gasteiger partial charge in [0.15, 0.2) is 0 Å². The predicted octanol–water partition coefficient (Wildman–Crippen LogP) is 3.77. The number of nitrogens with zero attached hydrogens (tertiary/aromatic N) is 2. The first kappa shape index (κ1) is 15.4. The van der Waals surface area contributed by atoms with E-state index in [1.807, 2.05) is 31.2 Å². The molecule has 4 rings (SSSR count). The molecule has 0 unspecified atom stereocenters. The van der Waals surface area contributed by atoms with E-state index in [1.54, 1.807) is 11.0 Å². The van der Waals surface area contributed by atoms with Crippen molar-refractivity contribution in [2.24, 2.45) is 0 Å². The van der Waals surface area contributed by atoms with Gasteiger partial charge >= 0.3 is 0 Å². The van der Waals surface area contributed by atoms with Gasteiger partial charge in [0, 0.05) is 6.54 Å². The topological polar surface area (TPSA) is 76.0 Å². The fourth-order valence-electron chi connectivity index (χ4n) is 3.03. The smallest absolute Gasteiger partial charge is 0.145 e. The van der Waals surface area contributed by atoms with Crippen molar-refractivity contribution in [1.82, 2.24) is 14.9 Å². The van der Waals surface area contributed by atoms with E-state index in [1.165, 1.54) is 17.7 Å². The van der Waals surface area contributed by atoms with Crippen LogP contribution < -0.4 is 0 Å². The number of amidine groups is 1. The van der Waals surface area contributed by atoms with E-state index in [-0.39, 0.29) is 24.0 Å². The van der Waals surface area contributed by atoms with Crippen molar-refractivity contribution >= 4 is 22.4 Å². The zero-order valence-electron chi connectivity index (χ0n) is 13.7. The number of benzene rings is 2. The minimum absolute atomic E-state index is 0.0941. The standard InChI is InChI=1S/C19H17FN4O/c1-11-2-4-12(5-3-11)9-24-10-16(25)17(18(24)21)19-22-14-7-6-13(20)8-15(14)23-19/h2-8,21,25H,9-10H2,1H3,(H,22,23). The lowest BCUT2D eigenvalue weighted by Crippen LogP contribution is -2.26. The summed E-state index contributed by atoms with van der Waals surface area (Å²) in [6.45, 7) is 2.81. The normalized spacial score (nSPS) is 14.8. The van der Waals surface area contributed by atoms with Crippen LogP contribution in [0.15, 0.2) is 48.2 Å². The van der Waals surface area contributed by atoms with Gasteiger partial charge in [-0.05, 0) is 30.7 Å². The molecule has 5 nitrogen and oxygen atoms in total. The van der Waals surface area contributed by atoms with E-state index >= 15 is 0 Å². The van der Waals surface area contributed by atoms with Crippen LogP contribution >= 0.6 is 0 Å². The number of aryl methyl sites for hydroxylation is 1. The third-order valence-corrected chi connectivity index (χ3v) is 4.36. The van der Waals surface area contributed by atoms with Gasteiger partial charge in [0.1, 0.15) is 23.2 Å². The van der Waals surface area contributed by atoms with E-state index < -0.39 is 0 Å². The molecule has 2 aromatic carbocycles. The number of hydrogen-bond acceptors (Lipinski definition) is 3. The second-order valence-electron chi connectivity index (χ2n) is 6.26. The average Bonchev–Trinajstić information content (AvgIpc) is 3.10. The Bertz CT molecular complexity index is 1000. The second kappa shape index (κ2) is 5.73. The van der Waals surface area contributed by atoms with E-state index in [9.17, 15) is 9.50 Å². The molecule has 2 heterocycles. The highest BCUT2D eigenvalue weighted by Crippen LogP contribution is 2.28. The van der Waals surface area contributed by atoms with Gasteiger partial charge in [-0.3, -0.25) is 5.41 Å². The SMILES string of the molecule is Cc1ccc(CN2CC(O)=C(c3nc4ccc(F)cc4[nH]3)C2=N)cc1. The number of aromatic amines is 1. The van der Waals surface area contributed by atoms with E-state index in [0.29, 0.717) is 29.0 Å². The molecule has 3 N–H and O–H groups in total. The van der Waals surface area contributed by atoms with Gasteiger partial charge in [0.2, 0.25) is 0 Å². The summed E-state index contributed by atoms with van der Waals surface area (Å²) < 4.78 is 13.3. The van der Waals surface area contributed by atoms with Crippen LogP contribution in [-0.2, 0) is 6.54 Å². The summed E-state index contributed by atoms with van der Waals surface area (Å²) in [6.07, 6.45) is 0. The Morgan fingerprint density at radius 3 is 2.76 bits per heavy atom. The van der Waals surface area contributed by atoms with E-state index in [2.05, 4.69) is 9.97 Å². The molecule has 0 spiro atoms. The molecular formula is C19H17FN4O. The van der Waals surface area contributed by atoms with Crippen LogP contribution in [0, 0.1) is 18.2 Å². The number of hydrogen-bond donors (Lipinski definition) is 3. The van der Waals surface area contributed by atoms with Gasteiger partial charge in [0.05, 0.1) is 23.2 Å². The maximum atomic E-state index is 13.3. The van der Waals surface area contributed by atoms with Crippen LogP contribution in [0.25, 0.3) is 16.6 Å². The molecule has 0 saturated heterocycles. The van der Waals surface area contributed by atoms with Crippen LogP contribution in [0.4, 0.5) is 4.39 Å². The van der Waals surface area contributed by atoms with Crippen LogP contribution in [0.2, 0.25) is 0 Å². The predicted molar refractivity (Wildman–Crippen MR) is 94.9 cm³/mol. The molecule has 6 heteroatoms. The van der Waals surface area contributed by atoms with Crippen molar-refractivity contribution < 1.29 is 9.50 Å². The van der Waals surface area contributed by atoms with E-state index in [0.717, 1.165) is 5.56 Å². The zero-order chi connectivity index (χ0) is 17.6. The first-order chi connectivity index (χ1) is 12.0. The number of aliphatic hydroxyl groups excluding tert-OH is 1. The number of rotatable bonds is 3. The Morgan fingerprint density at radius 1 is 1.24 bits per heavy atom. The van der Waals surface area contributed by atoms with Gasteiger partial charge in [0.25, 0.3) is 0 Å². The van der Waals surface area contributed by atoms with Crippen molar-refractivity contribution in [3.05, 3.63) is 71.0 Å². The Hall–Kier alpha value is -3.15. The molecule has 25 heavy (non-hydrogen) atoms. The maximum absolute atomic E-state index is 13.3. The Kier molecular flexibility index (Phi) is 3.53. The number of nitrogens with one attached hydrogen (secondary N) is 2. The summed E-state index contributed by atoms with van der Waals surface area (Å²) in [5, 5.41) is 18.8. The van der Waals surface area contributed by atoms with Gasteiger partial charge < -0.3 is 15.0 Å². The van der Waals surface area contributed by atoms with Crippen molar-refractivity contribution in [1.29, 1.82) is 5.41 Å². The molecule has 3 aromatic rings. The Labute approximate surface area is 143 Å². The molecule has 0 aliphatic carbocycles. The number of imidazole rings is 1. The summed E-state index contributed by atoms with van der Waals surface area (Å²) in [6, 6.07) is 12.3. The lowest BCUT2D eigenvalue weighted by Gasteiger charge is -2.18. The number of aliphatic hydroxyl groups is 1. The van der Waals surface area contributed by atoms with Crippen LogP contribution in [0.1, 0.15) is 17.0 Å². The van der Waals surface area contributed by atoms with Gasteiger partial charge in [-0.25, -0.2) is 9.37 Å². The molecule has 0 atom stereocenters. The van der Waals surface area contributed by atoms with Crippen molar-refractivity contribution in [3.8, 4) is 0 Å². The molecule has 0 saturated carbocycles. The first-order valence-corrected chi connectivity index (χ1v) is 7.98. The van der Waals surface area contributed by atoms with Crippen LogP contribution in [0.3, 0.4) is 0 Å². The van der Waals surface area contributed by atoms with Crippen molar-refractivity contribution in [2.75, 3.05) is 6.54 Å². The zero-order valence-corrected chi connectivity index (χ0v) is 13.7. The average molecular weight is 336 g/mol. The highest BCUT2D eigenvalue weighted by molar-refractivity contribution is 6.23. The molecule has 0 bridgehead atoms. The fourth-order valence-corrected chi connectivity index (χ4v) is 3.03. The molecule has 0 amide bonds. The molecular weight excluding hydrogens is 319 g/mol. The first-order valence-electron chi connectivity index (χ1n) is 7.98. The number of halogens is 1. The highest BCUT2D eigenvalue weighted by atomic mass is 19.1. The maximum Gasteiger partial charge on any atom is 0.145 e. The van der Waals surface area contributed by atoms with E-state index in [4.69, 9.17) is 5.41 Å². The summed E-state index contributed by atoms with van der Waals surface area (Å²) in [5.74, 6) is 0.326. The fraction of sp³-hybridized carbons (Fsp3) is 0.158. The van der Waals surface area contributed by atoms with Gasteiger partial charge in [-0.2, -0.15) is 0 Å². The van der Waals surface area contributed by atoms with Crippen molar-refractivity contribution in [3.63, 3.8) is 0 Å². The van der Waals surface area contributed by atoms with Crippen LogP contribution in [0.5, 0.6) is 0 Å². The monoisotopic (exact) mass is 336 g/mol. The van der Waals surface area contributed by atoms with Crippen LogP contribution in [-0.4, -0.2) is 32.4 Å². The molecule has 0 fully saturated rings. The molecule has 0 radical (unpaired) electrons. The summed E-state index contributed by atoms with van der Waals surface area (Å²) >= 11 is 0. The third kappa shape index (κ3) is 2.76. The lowest BCUT2D eigenvalue weighted by atomic mass is 10.1. The molecule has 126 valence electrons. The summed E-state index contributed by atoms with van der Waals surface area (Å²) in [4.78, 5) is 9.16. The molecule has 1 aliphatic heterocycles. The number of fused-ring (bicyclic) bond motifs is 1. The summed E-state index contributed by atoms with van der Waals surface area (Å²) in [7, 11) is 0. The second-order valence-corrected chi connectivity index (χ2v) is 6.26. The quantitative estimate of drug-likeness (QED) is 0.681. The van der Waals surface area contributed by atoms with Gasteiger partial charge in [-0.15, -0.1) is 0 Å². The molecule has 1 aromatic heterocycles. The van der Waals surface area contributed by atoms with Crippen molar-refractivity contribution in [2.45, 2.75) is 13.5 Å². The number of aromatic nitrogens is 2. The molecule has 1 aliphatic rings. The Balaban J connectivity index is 1.62.